The summed E-state index contributed by atoms with van der Waals surface area (Å²) < 4.78 is 31.4. The number of carbonyl (C=O) groups excluding carboxylic acids is 3. The minimum absolute atomic E-state index is 0.0696. The largest absolute Gasteiger partial charge is 0.364 e. The number of ether oxygens (including phenoxy) is 1. The second-order valence-corrected chi connectivity index (χ2v) is 6.93. The third-order valence-electron chi connectivity index (χ3n) is 4.93. The van der Waals surface area contributed by atoms with Crippen molar-refractivity contribution < 1.29 is 27.9 Å². The van der Waals surface area contributed by atoms with Gasteiger partial charge in [-0.15, -0.1) is 0 Å². The Hall–Kier alpha value is -1.77. The van der Waals surface area contributed by atoms with E-state index in [1.165, 1.54) is 14.7 Å². The number of rotatable bonds is 3. The lowest BCUT2D eigenvalue weighted by Crippen LogP contribution is -2.56. The molecule has 7 nitrogen and oxygen atoms in total. The maximum absolute atomic E-state index is 13.0. The Kier molecular flexibility index (Phi) is 4.23. The Labute approximate surface area is 138 Å². The Bertz CT molecular complexity index is 561. The fourth-order valence-electron chi connectivity index (χ4n) is 3.43. The molecule has 0 radical (unpaired) electrons. The van der Waals surface area contributed by atoms with Gasteiger partial charge in [0.25, 0.3) is 0 Å². The maximum atomic E-state index is 13.0. The fourth-order valence-corrected chi connectivity index (χ4v) is 3.43. The van der Waals surface area contributed by atoms with E-state index in [9.17, 15) is 23.2 Å². The molecule has 0 spiro atoms. The van der Waals surface area contributed by atoms with Crippen LogP contribution in [0, 0.1) is 5.92 Å². The number of fused-ring (bicyclic) bond motifs is 1. The Morgan fingerprint density at radius 1 is 1.29 bits per heavy atom. The van der Waals surface area contributed by atoms with Crippen molar-refractivity contribution in [2.45, 2.75) is 30.9 Å². The molecule has 0 unspecified atom stereocenters. The number of hydrogen-bond acceptors (Lipinski definition) is 4. The summed E-state index contributed by atoms with van der Waals surface area (Å²) in [4.78, 5) is 40.7. The van der Waals surface area contributed by atoms with Gasteiger partial charge in [0.05, 0.1) is 12.1 Å². The molecule has 3 fully saturated rings. The molecule has 3 aliphatic rings. The number of amides is 3. The van der Waals surface area contributed by atoms with Crippen LogP contribution in [0.25, 0.3) is 0 Å². The highest BCUT2D eigenvalue weighted by atomic mass is 19.3. The number of nitrogens with zero attached hydrogens (tertiary/aromatic N) is 3. The van der Waals surface area contributed by atoms with Crippen LogP contribution in [-0.2, 0) is 19.1 Å². The SMILES string of the molecule is CN(C)C(=O)CN1C(=O)CO[C@@H]2CN(C(=O)C3CC(F)(F)C3)C[C@H]21. The van der Waals surface area contributed by atoms with E-state index in [0.717, 1.165) is 0 Å². The smallest absolute Gasteiger partial charge is 0.249 e. The van der Waals surface area contributed by atoms with Gasteiger partial charge in [-0.25, -0.2) is 8.78 Å². The number of morpholine rings is 1. The van der Waals surface area contributed by atoms with Crippen LogP contribution in [0.4, 0.5) is 8.78 Å². The van der Waals surface area contributed by atoms with Crippen molar-refractivity contribution in [2.24, 2.45) is 5.92 Å². The van der Waals surface area contributed by atoms with Gasteiger partial charge in [0.2, 0.25) is 23.6 Å². The van der Waals surface area contributed by atoms with E-state index in [0.29, 0.717) is 0 Å². The molecular formula is C15H21F2N3O4. The first-order chi connectivity index (χ1) is 11.2. The minimum Gasteiger partial charge on any atom is -0.364 e. The number of carbonyl (C=O) groups is 3. The van der Waals surface area contributed by atoms with E-state index < -0.39 is 30.7 Å². The summed E-state index contributed by atoms with van der Waals surface area (Å²) in [7, 11) is 3.21. The highest BCUT2D eigenvalue weighted by molar-refractivity contribution is 5.86. The second-order valence-electron chi connectivity index (χ2n) is 6.93. The highest BCUT2D eigenvalue weighted by Crippen LogP contribution is 2.43. The summed E-state index contributed by atoms with van der Waals surface area (Å²) >= 11 is 0. The minimum atomic E-state index is -2.75. The lowest BCUT2D eigenvalue weighted by molar-refractivity contribution is -0.159. The van der Waals surface area contributed by atoms with Gasteiger partial charge in [-0.1, -0.05) is 0 Å². The van der Waals surface area contributed by atoms with Crippen LogP contribution in [0.2, 0.25) is 0 Å². The van der Waals surface area contributed by atoms with Crippen LogP contribution in [-0.4, -0.2) is 90.8 Å². The van der Waals surface area contributed by atoms with Crippen LogP contribution in [0.3, 0.4) is 0 Å². The molecule has 9 heteroatoms. The van der Waals surface area contributed by atoms with Gasteiger partial charge in [0.15, 0.2) is 0 Å². The van der Waals surface area contributed by atoms with Crippen molar-refractivity contribution in [1.29, 1.82) is 0 Å². The Morgan fingerprint density at radius 3 is 2.54 bits per heavy atom. The van der Waals surface area contributed by atoms with E-state index in [1.54, 1.807) is 14.1 Å². The first kappa shape index (κ1) is 17.1. The van der Waals surface area contributed by atoms with E-state index in [4.69, 9.17) is 4.74 Å². The third kappa shape index (κ3) is 3.09. The molecular weight excluding hydrogens is 324 g/mol. The predicted molar refractivity (Wildman–Crippen MR) is 78.2 cm³/mol. The number of hydrogen-bond donors (Lipinski definition) is 0. The molecule has 0 aromatic heterocycles. The first-order valence-corrected chi connectivity index (χ1v) is 7.96. The van der Waals surface area contributed by atoms with E-state index >= 15 is 0 Å². The molecule has 3 rings (SSSR count). The molecule has 1 saturated carbocycles. The lowest BCUT2D eigenvalue weighted by Gasteiger charge is -2.37. The predicted octanol–water partition coefficient (Wildman–Crippen LogP) is -0.442. The fraction of sp³-hybridized carbons (Fsp3) is 0.800. The van der Waals surface area contributed by atoms with E-state index in [-0.39, 0.29) is 50.1 Å². The van der Waals surface area contributed by atoms with Gasteiger partial charge >= 0.3 is 0 Å². The quantitative estimate of drug-likeness (QED) is 0.695. The summed E-state index contributed by atoms with van der Waals surface area (Å²) in [6.45, 7) is 0.287. The average molecular weight is 345 g/mol. The van der Waals surface area contributed by atoms with Crippen LogP contribution >= 0.6 is 0 Å². The lowest BCUT2D eigenvalue weighted by atomic mass is 9.80. The summed E-state index contributed by atoms with van der Waals surface area (Å²) in [6.07, 6.45) is -1.21. The molecule has 3 amide bonds. The standard InChI is InChI=1S/C15H21F2N3O4/c1-18(2)12(21)7-20-10-5-19(6-11(10)24-8-13(20)22)14(23)9-3-15(16,17)4-9/h9-11H,3-8H2,1-2H3/t10-,11-/m1/s1. The van der Waals surface area contributed by atoms with Crippen molar-refractivity contribution in [1.82, 2.24) is 14.7 Å². The zero-order chi connectivity index (χ0) is 17.6. The van der Waals surface area contributed by atoms with Crippen molar-refractivity contribution in [2.75, 3.05) is 40.3 Å². The van der Waals surface area contributed by atoms with Gasteiger partial charge in [-0.2, -0.15) is 0 Å². The number of alkyl halides is 2. The normalized spacial score (nSPS) is 29.2. The summed E-state index contributed by atoms with van der Waals surface area (Å²) in [5.74, 6) is -4.23. The maximum Gasteiger partial charge on any atom is 0.249 e. The molecule has 0 aromatic rings. The van der Waals surface area contributed by atoms with Crippen LogP contribution in [0.1, 0.15) is 12.8 Å². The van der Waals surface area contributed by atoms with Crippen LogP contribution < -0.4 is 0 Å². The van der Waals surface area contributed by atoms with Crippen LogP contribution in [0.15, 0.2) is 0 Å². The van der Waals surface area contributed by atoms with Crippen molar-refractivity contribution in [3.05, 3.63) is 0 Å². The van der Waals surface area contributed by atoms with Gasteiger partial charge in [-0.3, -0.25) is 14.4 Å². The van der Waals surface area contributed by atoms with Crippen LogP contribution in [0.5, 0.6) is 0 Å². The second kappa shape index (κ2) is 5.94. The van der Waals surface area contributed by atoms with Crippen molar-refractivity contribution >= 4 is 17.7 Å². The van der Waals surface area contributed by atoms with Gasteiger partial charge < -0.3 is 19.4 Å². The molecule has 24 heavy (non-hydrogen) atoms. The number of halogens is 2. The molecule has 0 aromatic carbocycles. The number of likely N-dealkylation sites (tertiary alicyclic amines) is 1. The third-order valence-corrected chi connectivity index (χ3v) is 4.93. The molecule has 2 heterocycles. The number of likely N-dealkylation sites (N-methyl/N-ethyl adjacent to an activating group) is 1. The molecule has 2 aliphatic heterocycles. The Morgan fingerprint density at radius 2 is 1.96 bits per heavy atom. The van der Waals surface area contributed by atoms with Crippen molar-refractivity contribution in [3.63, 3.8) is 0 Å². The van der Waals surface area contributed by atoms with Crippen molar-refractivity contribution in [3.8, 4) is 0 Å². The highest BCUT2D eigenvalue weighted by Gasteiger charge is 2.52. The molecule has 2 atom stereocenters. The van der Waals surface area contributed by atoms with E-state index in [1.807, 2.05) is 0 Å². The van der Waals surface area contributed by atoms with Gasteiger partial charge in [0.1, 0.15) is 13.2 Å². The van der Waals surface area contributed by atoms with Gasteiger partial charge in [-0.05, 0) is 0 Å². The molecule has 2 saturated heterocycles. The van der Waals surface area contributed by atoms with Gasteiger partial charge in [0, 0.05) is 45.9 Å². The summed E-state index contributed by atoms with van der Waals surface area (Å²) in [5, 5.41) is 0. The summed E-state index contributed by atoms with van der Waals surface area (Å²) in [6, 6.07) is -0.403. The Balaban J connectivity index is 1.65. The average Bonchev–Trinajstić information content (AvgIpc) is 2.91. The van der Waals surface area contributed by atoms with E-state index in [2.05, 4.69) is 0 Å². The topological polar surface area (TPSA) is 70.2 Å². The molecule has 134 valence electrons. The molecule has 0 bridgehead atoms. The zero-order valence-electron chi connectivity index (χ0n) is 13.7. The molecule has 0 N–H and O–H groups in total. The zero-order valence-corrected chi connectivity index (χ0v) is 13.7. The monoisotopic (exact) mass is 345 g/mol. The first-order valence-electron chi connectivity index (χ1n) is 7.96. The summed E-state index contributed by atoms with van der Waals surface area (Å²) in [5.41, 5.74) is 0. The molecule has 1 aliphatic carbocycles.